The Morgan fingerprint density at radius 3 is 2.63 bits per heavy atom. The van der Waals surface area contributed by atoms with Crippen molar-refractivity contribution in [3.63, 3.8) is 0 Å². The second-order valence-electron chi connectivity index (χ2n) is 4.28. The number of methoxy groups -OCH3 is 1. The number of urea groups is 1. The smallest absolute Gasteiger partial charge is 0.315 e. The Bertz CT molecular complexity index is 397. The Hall–Kier alpha value is -1.66. The molecule has 0 spiro atoms. The molecule has 0 saturated heterocycles. The highest BCUT2D eigenvalue weighted by molar-refractivity contribution is 5.74. The average Bonchev–Trinajstić information content (AvgIpc) is 2.37. The number of hydrogen-bond acceptors (Lipinski definition) is 3. The van der Waals surface area contributed by atoms with Crippen LogP contribution < -0.4 is 10.6 Å². The predicted octanol–water partition coefficient (Wildman–Crippen LogP) is 1.19. The molecule has 0 aromatic heterocycles. The number of amides is 2. The number of carbonyl (C=O) groups excluding carboxylic acids is 1. The summed E-state index contributed by atoms with van der Waals surface area (Å²) in [5.74, 6) is -0.366. The van der Waals surface area contributed by atoms with Crippen molar-refractivity contribution < 1.29 is 19.0 Å². The van der Waals surface area contributed by atoms with Gasteiger partial charge >= 0.3 is 6.03 Å². The number of hydrogen-bond donors (Lipinski definition) is 3. The topological polar surface area (TPSA) is 70.6 Å². The number of aliphatic hydroxyl groups is 1. The van der Waals surface area contributed by atoms with Crippen LogP contribution in [0.2, 0.25) is 0 Å². The highest BCUT2D eigenvalue weighted by atomic mass is 19.1. The van der Waals surface area contributed by atoms with E-state index in [-0.39, 0.29) is 24.4 Å². The van der Waals surface area contributed by atoms with E-state index in [1.807, 2.05) is 0 Å². The van der Waals surface area contributed by atoms with Crippen molar-refractivity contribution in [1.82, 2.24) is 10.6 Å². The highest BCUT2D eigenvalue weighted by Crippen LogP contribution is 2.12. The summed E-state index contributed by atoms with van der Waals surface area (Å²) in [4.78, 5) is 11.5. The molecule has 0 aliphatic heterocycles. The zero-order chi connectivity index (χ0) is 14.3. The van der Waals surface area contributed by atoms with Crippen molar-refractivity contribution in [1.29, 1.82) is 0 Å². The van der Waals surface area contributed by atoms with E-state index < -0.39 is 6.10 Å². The molecular weight excluding hydrogens is 251 g/mol. The van der Waals surface area contributed by atoms with Gasteiger partial charge in [-0.3, -0.25) is 0 Å². The molecule has 0 aliphatic carbocycles. The fraction of sp³-hybridized carbons (Fsp3) is 0.462. The monoisotopic (exact) mass is 270 g/mol. The van der Waals surface area contributed by atoms with Gasteiger partial charge in [0.25, 0.3) is 0 Å². The van der Waals surface area contributed by atoms with E-state index in [4.69, 9.17) is 4.74 Å². The first-order chi connectivity index (χ1) is 9.02. The zero-order valence-electron chi connectivity index (χ0n) is 11.0. The lowest BCUT2D eigenvalue weighted by Crippen LogP contribution is -2.43. The quantitative estimate of drug-likeness (QED) is 0.727. The molecule has 0 radical (unpaired) electrons. The molecule has 1 aromatic carbocycles. The maximum absolute atomic E-state index is 12.7. The van der Waals surface area contributed by atoms with Crippen LogP contribution in [-0.2, 0) is 4.74 Å². The van der Waals surface area contributed by atoms with Crippen molar-refractivity contribution in [2.24, 2.45) is 0 Å². The summed E-state index contributed by atoms with van der Waals surface area (Å²) < 4.78 is 17.6. The van der Waals surface area contributed by atoms with Crippen LogP contribution in [-0.4, -0.2) is 37.4 Å². The summed E-state index contributed by atoms with van der Waals surface area (Å²) in [6, 6.07) is 4.98. The summed E-state index contributed by atoms with van der Waals surface area (Å²) >= 11 is 0. The van der Waals surface area contributed by atoms with Crippen LogP contribution in [0.1, 0.15) is 18.6 Å². The minimum atomic E-state index is -0.871. The Kier molecular flexibility index (Phi) is 6.24. The third-order valence-corrected chi connectivity index (χ3v) is 2.50. The second kappa shape index (κ2) is 7.70. The molecule has 2 unspecified atom stereocenters. The minimum Gasteiger partial charge on any atom is -0.387 e. The van der Waals surface area contributed by atoms with Crippen LogP contribution in [0, 0.1) is 5.82 Å². The van der Waals surface area contributed by atoms with E-state index in [1.165, 1.54) is 24.3 Å². The molecule has 3 N–H and O–H groups in total. The Balaban J connectivity index is 2.35. The van der Waals surface area contributed by atoms with Gasteiger partial charge in [0.05, 0.1) is 18.8 Å². The van der Waals surface area contributed by atoms with E-state index in [0.717, 1.165) is 0 Å². The second-order valence-corrected chi connectivity index (χ2v) is 4.28. The number of nitrogens with one attached hydrogen (secondary N) is 2. The van der Waals surface area contributed by atoms with E-state index >= 15 is 0 Å². The number of ether oxygens (including phenoxy) is 1. The lowest BCUT2D eigenvalue weighted by atomic mass is 10.1. The first kappa shape index (κ1) is 15.4. The first-order valence-corrected chi connectivity index (χ1v) is 5.99. The summed E-state index contributed by atoms with van der Waals surface area (Å²) in [6.07, 6.45) is -0.871. The molecule has 0 aliphatic rings. The molecule has 1 rings (SSSR count). The van der Waals surface area contributed by atoms with Crippen molar-refractivity contribution in [2.45, 2.75) is 19.1 Å². The lowest BCUT2D eigenvalue weighted by Gasteiger charge is -2.16. The van der Waals surface area contributed by atoms with Gasteiger partial charge in [0, 0.05) is 13.7 Å². The third kappa shape index (κ3) is 5.67. The lowest BCUT2D eigenvalue weighted by molar-refractivity contribution is 0.162. The fourth-order valence-electron chi connectivity index (χ4n) is 1.56. The zero-order valence-corrected chi connectivity index (χ0v) is 11.0. The van der Waals surface area contributed by atoms with E-state index in [1.54, 1.807) is 14.0 Å². The van der Waals surface area contributed by atoms with Crippen molar-refractivity contribution in [3.05, 3.63) is 35.6 Å². The SMILES string of the molecule is COCC(C)NC(=O)NCC(O)c1ccc(F)cc1. The molecule has 0 saturated carbocycles. The van der Waals surface area contributed by atoms with Gasteiger partial charge in [-0.1, -0.05) is 12.1 Å². The number of rotatable bonds is 6. The third-order valence-electron chi connectivity index (χ3n) is 2.50. The van der Waals surface area contributed by atoms with Crippen LogP contribution in [0.5, 0.6) is 0 Å². The minimum absolute atomic E-state index is 0.0527. The van der Waals surface area contributed by atoms with Gasteiger partial charge < -0.3 is 20.5 Å². The molecule has 19 heavy (non-hydrogen) atoms. The number of benzene rings is 1. The molecule has 5 nitrogen and oxygen atoms in total. The molecule has 6 heteroatoms. The van der Waals surface area contributed by atoms with Gasteiger partial charge in [0.2, 0.25) is 0 Å². The van der Waals surface area contributed by atoms with Crippen molar-refractivity contribution in [3.8, 4) is 0 Å². The van der Waals surface area contributed by atoms with Crippen molar-refractivity contribution >= 4 is 6.03 Å². The molecule has 0 fully saturated rings. The van der Waals surface area contributed by atoms with Gasteiger partial charge in [0.15, 0.2) is 0 Å². The van der Waals surface area contributed by atoms with Gasteiger partial charge in [-0.05, 0) is 24.6 Å². The molecule has 106 valence electrons. The van der Waals surface area contributed by atoms with E-state index in [9.17, 15) is 14.3 Å². The van der Waals surface area contributed by atoms with Crippen LogP contribution in [0.3, 0.4) is 0 Å². The van der Waals surface area contributed by atoms with Gasteiger partial charge in [-0.15, -0.1) is 0 Å². The highest BCUT2D eigenvalue weighted by Gasteiger charge is 2.11. The average molecular weight is 270 g/mol. The van der Waals surface area contributed by atoms with E-state index in [0.29, 0.717) is 12.2 Å². The molecule has 2 amide bonds. The van der Waals surface area contributed by atoms with Crippen molar-refractivity contribution in [2.75, 3.05) is 20.3 Å². The van der Waals surface area contributed by atoms with Gasteiger partial charge in [-0.25, -0.2) is 9.18 Å². The summed E-state index contributed by atoms with van der Waals surface area (Å²) in [7, 11) is 1.55. The van der Waals surface area contributed by atoms with Crippen LogP contribution in [0.15, 0.2) is 24.3 Å². The summed E-state index contributed by atoms with van der Waals surface area (Å²) in [5, 5.41) is 15.0. The largest absolute Gasteiger partial charge is 0.387 e. The van der Waals surface area contributed by atoms with Crippen LogP contribution >= 0.6 is 0 Å². The molecule has 2 atom stereocenters. The summed E-state index contributed by atoms with van der Waals surface area (Å²) in [6.45, 7) is 2.27. The van der Waals surface area contributed by atoms with Crippen LogP contribution in [0.4, 0.5) is 9.18 Å². The maximum atomic E-state index is 12.7. The standard InChI is InChI=1S/C13H19FN2O3/c1-9(8-19-2)16-13(18)15-7-12(17)10-3-5-11(14)6-4-10/h3-6,9,12,17H,7-8H2,1-2H3,(H2,15,16,18). The Morgan fingerprint density at radius 2 is 2.05 bits per heavy atom. The number of aliphatic hydroxyl groups excluding tert-OH is 1. The predicted molar refractivity (Wildman–Crippen MR) is 69.2 cm³/mol. The maximum Gasteiger partial charge on any atom is 0.315 e. The number of carbonyl (C=O) groups is 1. The number of halogens is 1. The molecule has 0 heterocycles. The summed E-state index contributed by atoms with van der Waals surface area (Å²) in [5.41, 5.74) is 0.548. The first-order valence-electron chi connectivity index (χ1n) is 5.99. The van der Waals surface area contributed by atoms with Gasteiger partial charge in [-0.2, -0.15) is 0 Å². The molecular formula is C13H19FN2O3. The molecule has 0 bridgehead atoms. The van der Waals surface area contributed by atoms with Crippen LogP contribution in [0.25, 0.3) is 0 Å². The fourth-order valence-corrected chi connectivity index (χ4v) is 1.56. The normalized spacial score (nSPS) is 13.7. The van der Waals surface area contributed by atoms with Gasteiger partial charge in [0.1, 0.15) is 5.82 Å². The Morgan fingerprint density at radius 1 is 1.42 bits per heavy atom. The Labute approximate surface area is 111 Å². The van der Waals surface area contributed by atoms with E-state index in [2.05, 4.69) is 10.6 Å². The molecule has 1 aromatic rings.